The van der Waals surface area contributed by atoms with Crippen molar-refractivity contribution in [2.75, 3.05) is 5.75 Å². The highest BCUT2D eigenvalue weighted by molar-refractivity contribution is 8.03. The van der Waals surface area contributed by atoms with E-state index in [1.54, 1.807) is 0 Å². The maximum absolute atomic E-state index is 4.62. The van der Waals surface area contributed by atoms with Crippen molar-refractivity contribution in [2.45, 2.75) is 21.7 Å². The van der Waals surface area contributed by atoms with Crippen LogP contribution in [0, 0.1) is 0 Å². The van der Waals surface area contributed by atoms with Gasteiger partial charge in [-0.05, 0) is 30.2 Å². The highest BCUT2D eigenvalue weighted by Crippen LogP contribution is 2.38. The molecular weight excluding hydrogens is 284 g/mol. The van der Waals surface area contributed by atoms with Crippen LogP contribution in [-0.4, -0.2) is 21.0 Å². The van der Waals surface area contributed by atoms with Gasteiger partial charge >= 0.3 is 0 Å². The van der Waals surface area contributed by atoms with Gasteiger partial charge in [-0.25, -0.2) is 4.98 Å². The molecule has 4 heteroatoms. The van der Waals surface area contributed by atoms with E-state index in [-0.39, 0.29) is 0 Å². The maximum atomic E-state index is 4.62. The summed E-state index contributed by atoms with van der Waals surface area (Å²) in [5.74, 6) is 1.10. The lowest BCUT2D eigenvalue weighted by atomic mass is 10.1. The van der Waals surface area contributed by atoms with Crippen LogP contribution in [0.1, 0.15) is 5.56 Å². The number of nitrogens with one attached hydrogen (secondary N) is 1. The van der Waals surface area contributed by atoms with Gasteiger partial charge in [-0.2, -0.15) is 0 Å². The predicted molar refractivity (Wildman–Crippen MR) is 86.6 cm³/mol. The molecule has 1 N–H and O–H groups in total. The second kappa shape index (κ2) is 5.19. The average molecular weight is 298 g/mol. The summed E-state index contributed by atoms with van der Waals surface area (Å²) in [5, 5.41) is 1.69. The van der Waals surface area contributed by atoms with E-state index in [1.807, 2.05) is 35.7 Å². The molecule has 2 heterocycles. The summed E-state index contributed by atoms with van der Waals surface area (Å²) < 4.78 is 0. The van der Waals surface area contributed by atoms with Gasteiger partial charge in [0.1, 0.15) is 0 Å². The zero-order valence-corrected chi connectivity index (χ0v) is 12.5. The lowest BCUT2D eigenvalue weighted by molar-refractivity contribution is 0.964. The van der Waals surface area contributed by atoms with E-state index in [0.717, 1.165) is 21.9 Å². The number of hydrogen-bond donors (Lipinski definition) is 1. The Morgan fingerprint density at radius 1 is 1.15 bits per heavy atom. The lowest BCUT2D eigenvalue weighted by Gasteiger charge is -2.05. The van der Waals surface area contributed by atoms with E-state index < -0.39 is 0 Å². The molecule has 0 bridgehead atoms. The number of rotatable bonds is 3. The van der Waals surface area contributed by atoms with E-state index in [0.29, 0.717) is 5.25 Å². The molecule has 1 aliphatic heterocycles. The fraction of sp³-hybridized carbons (Fsp3) is 0.188. The number of fused-ring (bicyclic) bond motifs is 2. The molecule has 0 fully saturated rings. The number of imidazole rings is 1. The molecule has 3 aromatic rings. The molecule has 100 valence electrons. The Balaban J connectivity index is 1.44. The van der Waals surface area contributed by atoms with Crippen LogP contribution in [0.15, 0.2) is 58.6 Å². The van der Waals surface area contributed by atoms with Crippen molar-refractivity contribution in [3.8, 4) is 0 Å². The number of nitrogens with zero attached hydrogens (tertiary/aromatic N) is 1. The maximum Gasteiger partial charge on any atom is 0.166 e. The van der Waals surface area contributed by atoms with Crippen molar-refractivity contribution < 1.29 is 0 Å². The van der Waals surface area contributed by atoms with E-state index in [1.165, 1.54) is 16.9 Å². The van der Waals surface area contributed by atoms with Crippen LogP contribution < -0.4 is 0 Å². The molecule has 0 radical (unpaired) electrons. The molecular formula is C16H14N2S2. The molecule has 20 heavy (non-hydrogen) atoms. The summed E-state index contributed by atoms with van der Waals surface area (Å²) in [4.78, 5) is 9.45. The monoisotopic (exact) mass is 298 g/mol. The minimum Gasteiger partial charge on any atom is -0.333 e. The summed E-state index contributed by atoms with van der Waals surface area (Å²) in [7, 11) is 0. The molecule has 2 aromatic carbocycles. The highest BCUT2D eigenvalue weighted by atomic mass is 32.2. The minimum absolute atomic E-state index is 0.658. The standard InChI is InChI=1S/C16H14N2S2/c1-4-8-15-11(5-1)9-12(20-15)10-19-16-17-13-6-2-3-7-14(13)18-16/h1-8,12H,9-10H2,(H,17,18). The molecule has 0 saturated heterocycles. The van der Waals surface area contributed by atoms with Gasteiger partial charge in [-0.1, -0.05) is 42.1 Å². The van der Waals surface area contributed by atoms with Crippen LogP contribution in [0.3, 0.4) is 0 Å². The molecule has 0 spiro atoms. The number of benzene rings is 2. The molecule has 2 nitrogen and oxygen atoms in total. The van der Waals surface area contributed by atoms with Gasteiger partial charge in [0.15, 0.2) is 5.16 Å². The van der Waals surface area contributed by atoms with E-state index in [2.05, 4.69) is 46.4 Å². The van der Waals surface area contributed by atoms with E-state index in [9.17, 15) is 0 Å². The number of H-pyrrole nitrogens is 1. The molecule has 1 aliphatic rings. The fourth-order valence-corrected chi connectivity index (χ4v) is 4.88. The van der Waals surface area contributed by atoms with Crippen LogP contribution in [0.5, 0.6) is 0 Å². The first kappa shape index (κ1) is 12.4. The second-order valence-electron chi connectivity index (χ2n) is 4.92. The summed E-state index contributed by atoms with van der Waals surface area (Å²) in [6.07, 6.45) is 1.17. The van der Waals surface area contributed by atoms with E-state index in [4.69, 9.17) is 0 Å². The number of thioether (sulfide) groups is 2. The first-order chi connectivity index (χ1) is 9.88. The van der Waals surface area contributed by atoms with Crippen molar-refractivity contribution >= 4 is 34.6 Å². The molecule has 0 amide bonds. The Kier molecular flexibility index (Phi) is 3.20. The highest BCUT2D eigenvalue weighted by Gasteiger charge is 2.22. The number of aromatic nitrogens is 2. The van der Waals surface area contributed by atoms with Gasteiger partial charge in [-0.15, -0.1) is 11.8 Å². The van der Waals surface area contributed by atoms with Gasteiger partial charge < -0.3 is 4.98 Å². The zero-order chi connectivity index (χ0) is 13.4. The first-order valence-corrected chi connectivity index (χ1v) is 8.57. The van der Waals surface area contributed by atoms with Crippen LogP contribution in [0.2, 0.25) is 0 Å². The molecule has 1 aromatic heterocycles. The van der Waals surface area contributed by atoms with E-state index >= 15 is 0 Å². The largest absolute Gasteiger partial charge is 0.333 e. The van der Waals surface area contributed by atoms with Crippen molar-refractivity contribution in [2.24, 2.45) is 0 Å². The third-order valence-corrected chi connectivity index (χ3v) is 6.05. The van der Waals surface area contributed by atoms with Crippen molar-refractivity contribution in [1.82, 2.24) is 9.97 Å². The van der Waals surface area contributed by atoms with Crippen LogP contribution in [-0.2, 0) is 6.42 Å². The minimum atomic E-state index is 0.658. The summed E-state index contributed by atoms with van der Waals surface area (Å²) in [6.45, 7) is 0. The van der Waals surface area contributed by atoms with Crippen LogP contribution in [0.25, 0.3) is 11.0 Å². The zero-order valence-electron chi connectivity index (χ0n) is 10.9. The summed E-state index contributed by atoms with van der Waals surface area (Å²) in [6, 6.07) is 16.9. The van der Waals surface area contributed by atoms with Crippen molar-refractivity contribution in [3.63, 3.8) is 0 Å². The van der Waals surface area contributed by atoms with Crippen molar-refractivity contribution in [3.05, 3.63) is 54.1 Å². The molecule has 1 unspecified atom stereocenters. The Bertz CT molecular complexity index is 693. The average Bonchev–Trinajstić information content (AvgIpc) is 3.07. The van der Waals surface area contributed by atoms with Gasteiger partial charge in [0.25, 0.3) is 0 Å². The normalized spacial score (nSPS) is 17.5. The number of hydrogen-bond acceptors (Lipinski definition) is 3. The van der Waals surface area contributed by atoms with Gasteiger partial charge in [0.2, 0.25) is 0 Å². The van der Waals surface area contributed by atoms with Gasteiger partial charge in [0, 0.05) is 15.9 Å². The van der Waals surface area contributed by atoms with Crippen LogP contribution >= 0.6 is 23.5 Å². The molecule has 1 atom stereocenters. The molecule has 4 rings (SSSR count). The first-order valence-electron chi connectivity index (χ1n) is 6.70. The summed E-state index contributed by atoms with van der Waals surface area (Å²) >= 11 is 3.83. The summed E-state index contributed by atoms with van der Waals surface area (Å²) in [5.41, 5.74) is 3.67. The topological polar surface area (TPSA) is 28.7 Å². The van der Waals surface area contributed by atoms with Gasteiger partial charge in [0.05, 0.1) is 11.0 Å². The number of para-hydroxylation sites is 2. The third-order valence-electron chi connectivity index (χ3n) is 3.49. The smallest absolute Gasteiger partial charge is 0.166 e. The Labute approximate surface area is 126 Å². The van der Waals surface area contributed by atoms with Crippen molar-refractivity contribution in [1.29, 1.82) is 0 Å². The predicted octanol–water partition coefficient (Wildman–Crippen LogP) is 4.37. The lowest BCUT2D eigenvalue weighted by Crippen LogP contribution is -2.04. The third kappa shape index (κ3) is 2.34. The van der Waals surface area contributed by atoms with Crippen LogP contribution in [0.4, 0.5) is 0 Å². The SMILES string of the molecule is c1ccc2c(c1)CC(CSc1nc3ccccc3[nH]1)S2. The Hall–Kier alpha value is -1.39. The quantitative estimate of drug-likeness (QED) is 0.728. The second-order valence-corrected chi connectivity index (χ2v) is 7.27. The fourth-order valence-electron chi connectivity index (χ4n) is 2.52. The Morgan fingerprint density at radius 2 is 2.00 bits per heavy atom. The Morgan fingerprint density at radius 3 is 2.90 bits per heavy atom. The molecule has 0 aliphatic carbocycles. The number of aromatic amines is 1. The van der Waals surface area contributed by atoms with Gasteiger partial charge in [-0.3, -0.25) is 0 Å². The molecule has 0 saturated carbocycles.